The van der Waals surface area contributed by atoms with Crippen LogP contribution in [-0.2, 0) is 9.59 Å². The first kappa shape index (κ1) is 19.9. The topological polar surface area (TPSA) is 62.6 Å². The first-order valence-corrected chi connectivity index (χ1v) is 9.00. The molecule has 1 unspecified atom stereocenters. The minimum absolute atomic E-state index is 0.0652. The number of quaternary nitrogens is 1. The van der Waals surface area contributed by atoms with Gasteiger partial charge in [-0.2, -0.15) is 0 Å². The maximum absolute atomic E-state index is 12.1. The summed E-state index contributed by atoms with van der Waals surface area (Å²) in [6.07, 6.45) is 0. The Morgan fingerprint density at radius 2 is 1.62 bits per heavy atom. The van der Waals surface area contributed by atoms with E-state index >= 15 is 0 Å². The van der Waals surface area contributed by atoms with Crippen LogP contribution in [0.15, 0.2) is 54.6 Å². The minimum atomic E-state index is -0.143. The zero-order chi connectivity index (χ0) is 18.9. The highest BCUT2D eigenvalue weighted by molar-refractivity contribution is 6.30. The number of carbonyl (C=O) groups is 2. The van der Waals surface area contributed by atoms with Gasteiger partial charge in [0.15, 0.2) is 13.1 Å². The van der Waals surface area contributed by atoms with Crippen LogP contribution in [0, 0.1) is 0 Å². The summed E-state index contributed by atoms with van der Waals surface area (Å²) in [6.45, 7) is 3.11. The number of amides is 2. The van der Waals surface area contributed by atoms with E-state index in [9.17, 15) is 9.59 Å². The van der Waals surface area contributed by atoms with Gasteiger partial charge < -0.3 is 15.5 Å². The summed E-state index contributed by atoms with van der Waals surface area (Å²) in [6, 6.07) is 17.0. The Balaban J connectivity index is 1.71. The summed E-state index contributed by atoms with van der Waals surface area (Å²) in [5.74, 6) is 0.0357. The second-order valence-electron chi connectivity index (χ2n) is 6.48. The number of hydrogen-bond acceptors (Lipinski definition) is 2. The fraction of sp³-hybridized carbons (Fsp3) is 0.300. The molecule has 0 aliphatic heterocycles. The molecular weight excluding hydrogens is 350 g/mol. The van der Waals surface area contributed by atoms with Crippen LogP contribution in [0.3, 0.4) is 0 Å². The number of carbonyl (C=O) groups excluding carboxylic acids is 2. The summed E-state index contributed by atoms with van der Waals surface area (Å²) >= 11 is 5.82. The highest BCUT2D eigenvalue weighted by atomic mass is 35.5. The Kier molecular flexibility index (Phi) is 7.63. The van der Waals surface area contributed by atoms with E-state index in [4.69, 9.17) is 11.6 Å². The molecule has 0 radical (unpaired) electrons. The molecule has 5 nitrogen and oxygen atoms in total. The third-order valence-electron chi connectivity index (χ3n) is 4.03. The molecule has 0 fully saturated rings. The predicted octanol–water partition coefficient (Wildman–Crippen LogP) is 1.71. The Bertz CT molecular complexity index is 720. The van der Waals surface area contributed by atoms with Gasteiger partial charge in [0, 0.05) is 17.3 Å². The van der Waals surface area contributed by atoms with Crippen molar-refractivity contribution in [1.82, 2.24) is 5.32 Å². The molecule has 0 spiro atoms. The molecule has 138 valence electrons. The first-order chi connectivity index (χ1) is 12.4. The molecule has 2 aromatic rings. The van der Waals surface area contributed by atoms with Gasteiger partial charge in [-0.3, -0.25) is 9.59 Å². The number of rotatable bonds is 8. The zero-order valence-electron chi connectivity index (χ0n) is 15.1. The SMILES string of the molecule is C[C@H](CNC(=O)C[NH+](C)CC(=O)Nc1ccc(Cl)cc1)c1ccccc1. The van der Waals surface area contributed by atoms with Crippen LogP contribution in [0.5, 0.6) is 0 Å². The van der Waals surface area contributed by atoms with E-state index in [-0.39, 0.29) is 30.8 Å². The van der Waals surface area contributed by atoms with Crippen molar-refractivity contribution < 1.29 is 14.5 Å². The van der Waals surface area contributed by atoms with Gasteiger partial charge in [0.2, 0.25) is 0 Å². The fourth-order valence-electron chi connectivity index (χ4n) is 2.58. The van der Waals surface area contributed by atoms with Gasteiger partial charge >= 0.3 is 0 Å². The van der Waals surface area contributed by atoms with Crippen LogP contribution in [0.1, 0.15) is 18.4 Å². The molecule has 0 aromatic heterocycles. The Labute approximate surface area is 159 Å². The highest BCUT2D eigenvalue weighted by Gasteiger charge is 2.15. The first-order valence-electron chi connectivity index (χ1n) is 8.62. The Hall–Kier alpha value is -2.37. The lowest BCUT2D eigenvalue weighted by atomic mass is 10.0. The van der Waals surface area contributed by atoms with Crippen molar-refractivity contribution in [2.75, 3.05) is 32.0 Å². The van der Waals surface area contributed by atoms with Crippen LogP contribution >= 0.6 is 11.6 Å². The lowest BCUT2D eigenvalue weighted by molar-refractivity contribution is -0.862. The Morgan fingerprint density at radius 3 is 2.27 bits per heavy atom. The highest BCUT2D eigenvalue weighted by Crippen LogP contribution is 2.13. The number of benzene rings is 2. The Morgan fingerprint density at radius 1 is 1.00 bits per heavy atom. The molecule has 0 heterocycles. The predicted molar refractivity (Wildman–Crippen MR) is 105 cm³/mol. The summed E-state index contributed by atoms with van der Waals surface area (Å²) in [5, 5.41) is 6.35. The van der Waals surface area contributed by atoms with Crippen LogP contribution in [-0.4, -0.2) is 38.5 Å². The van der Waals surface area contributed by atoms with E-state index in [0.29, 0.717) is 17.3 Å². The van der Waals surface area contributed by atoms with Crippen molar-refractivity contribution in [2.45, 2.75) is 12.8 Å². The van der Waals surface area contributed by atoms with E-state index in [1.807, 2.05) is 25.2 Å². The van der Waals surface area contributed by atoms with Crippen LogP contribution in [0.2, 0.25) is 5.02 Å². The molecule has 2 atom stereocenters. The molecule has 0 aliphatic carbocycles. The average molecular weight is 375 g/mol. The van der Waals surface area contributed by atoms with Gasteiger partial charge in [-0.05, 0) is 35.7 Å². The van der Waals surface area contributed by atoms with Crippen LogP contribution in [0.4, 0.5) is 5.69 Å². The van der Waals surface area contributed by atoms with Gasteiger partial charge in [-0.15, -0.1) is 0 Å². The van der Waals surface area contributed by atoms with Gasteiger partial charge in [-0.25, -0.2) is 0 Å². The number of nitrogens with one attached hydrogen (secondary N) is 3. The monoisotopic (exact) mass is 374 g/mol. The van der Waals surface area contributed by atoms with Crippen molar-refractivity contribution >= 4 is 29.1 Å². The molecule has 0 saturated carbocycles. The number of likely N-dealkylation sites (N-methyl/N-ethyl adjacent to an activating group) is 1. The van der Waals surface area contributed by atoms with Crippen molar-refractivity contribution in [3.63, 3.8) is 0 Å². The van der Waals surface area contributed by atoms with Crippen molar-refractivity contribution in [3.8, 4) is 0 Å². The standard InChI is InChI=1S/C20H24ClN3O2/c1-15(16-6-4-3-5-7-16)12-22-19(25)13-24(2)14-20(26)23-18-10-8-17(21)9-11-18/h3-11,15H,12-14H2,1-2H3,(H,22,25)(H,23,26)/p+1/t15-/m1/s1. The van der Waals surface area contributed by atoms with Crippen molar-refractivity contribution in [1.29, 1.82) is 0 Å². The van der Waals surface area contributed by atoms with E-state index in [2.05, 4.69) is 29.7 Å². The molecule has 0 bridgehead atoms. The van der Waals surface area contributed by atoms with E-state index < -0.39 is 0 Å². The molecule has 0 aliphatic rings. The molecule has 2 rings (SSSR count). The third-order valence-corrected chi connectivity index (χ3v) is 4.28. The summed E-state index contributed by atoms with van der Waals surface area (Å²) in [5.41, 5.74) is 1.88. The lowest BCUT2D eigenvalue weighted by Crippen LogP contribution is -3.11. The summed E-state index contributed by atoms with van der Waals surface area (Å²) in [4.78, 5) is 25.0. The van der Waals surface area contributed by atoms with E-state index in [0.717, 1.165) is 4.90 Å². The van der Waals surface area contributed by atoms with Gasteiger partial charge in [-0.1, -0.05) is 48.9 Å². The normalized spacial score (nSPS) is 12.9. The smallest absolute Gasteiger partial charge is 0.279 e. The second-order valence-corrected chi connectivity index (χ2v) is 6.92. The molecule has 3 N–H and O–H groups in total. The molecule has 2 amide bonds. The van der Waals surface area contributed by atoms with Crippen LogP contribution < -0.4 is 15.5 Å². The number of hydrogen-bond donors (Lipinski definition) is 3. The lowest BCUT2D eigenvalue weighted by Gasteiger charge is -2.16. The zero-order valence-corrected chi connectivity index (χ0v) is 15.8. The number of halogens is 1. The second kappa shape index (κ2) is 9.94. The van der Waals surface area contributed by atoms with Crippen molar-refractivity contribution in [2.24, 2.45) is 0 Å². The van der Waals surface area contributed by atoms with Gasteiger partial charge in [0.25, 0.3) is 11.8 Å². The third kappa shape index (κ3) is 6.86. The van der Waals surface area contributed by atoms with E-state index in [1.165, 1.54) is 5.56 Å². The maximum atomic E-state index is 12.1. The fourth-order valence-corrected chi connectivity index (χ4v) is 2.70. The van der Waals surface area contributed by atoms with E-state index in [1.54, 1.807) is 24.3 Å². The summed E-state index contributed by atoms with van der Waals surface area (Å²) in [7, 11) is 1.82. The summed E-state index contributed by atoms with van der Waals surface area (Å²) < 4.78 is 0. The van der Waals surface area contributed by atoms with Crippen molar-refractivity contribution in [3.05, 3.63) is 65.2 Å². The minimum Gasteiger partial charge on any atom is -0.351 e. The average Bonchev–Trinajstić information content (AvgIpc) is 2.62. The molecular formula is C20H25ClN3O2+. The molecule has 6 heteroatoms. The number of anilines is 1. The largest absolute Gasteiger partial charge is 0.351 e. The molecule has 0 saturated heterocycles. The van der Waals surface area contributed by atoms with Gasteiger partial charge in [0.1, 0.15) is 0 Å². The van der Waals surface area contributed by atoms with Crippen LogP contribution in [0.25, 0.3) is 0 Å². The molecule has 2 aromatic carbocycles. The maximum Gasteiger partial charge on any atom is 0.279 e. The van der Waals surface area contributed by atoms with Gasteiger partial charge in [0.05, 0.1) is 7.05 Å². The quantitative estimate of drug-likeness (QED) is 0.658. The molecule has 26 heavy (non-hydrogen) atoms.